The first-order valence-electron chi connectivity index (χ1n) is 6.98. The Kier molecular flexibility index (Phi) is 3.06. The summed E-state index contributed by atoms with van der Waals surface area (Å²) in [6.45, 7) is 3.19. The van der Waals surface area contributed by atoms with Gasteiger partial charge in [0, 0.05) is 24.3 Å². The fraction of sp³-hybridized carbons (Fsp3) is 0.600. The van der Waals surface area contributed by atoms with E-state index in [1.54, 1.807) is 6.20 Å². The van der Waals surface area contributed by atoms with Crippen molar-refractivity contribution in [3.63, 3.8) is 0 Å². The number of aldehydes is 1. The van der Waals surface area contributed by atoms with Crippen molar-refractivity contribution in [2.45, 2.75) is 45.1 Å². The zero-order chi connectivity index (χ0) is 12.5. The number of carbonyl (C=O) groups is 1. The average Bonchev–Trinajstić information content (AvgIpc) is 2.82. The van der Waals surface area contributed by atoms with E-state index in [-0.39, 0.29) is 0 Å². The Labute approximate surface area is 108 Å². The number of nitrogens with zero attached hydrogens (tertiary/aromatic N) is 2. The minimum Gasteiger partial charge on any atom is -0.353 e. The average molecular weight is 244 g/mol. The molecule has 96 valence electrons. The summed E-state index contributed by atoms with van der Waals surface area (Å²) in [5.41, 5.74) is 1.81. The van der Waals surface area contributed by atoms with E-state index in [0.717, 1.165) is 30.1 Å². The van der Waals surface area contributed by atoms with E-state index >= 15 is 0 Å². The second-order valence-corrected chi connectivity index (χ2v) is 5.62. The molecule has 1 aliphatic carbocycles. The number of carbonyl (C=O) groups excluding carboxylic acids is 1. The van der Waals surface area contributed by atoms with Crippen LogP contribution in [0.1, 0.15) is 48.0 Å². The smallest absolute Gasteiger partial charge is 0.151 e. The van der Waals surface area contributed by atoms with Crippen LogP contribution in [-0.4, -0.2) is 23.9 Å². The van der Waals surface area contributed by atoms with Gasteiger partial charge in [-0.15, -0.1) is 0 Å². The van der Waals surface area contributed by atoms with E-state index in [2.05, 4.69) is 16.8 Å². The van der Waals surface area contributed by atoms with Crippen LogP contribution in [0.2, 0.25) is 0 Å². The fourth-order valence-electron chi connectivity index (χ4n) is 3.62. The van der Waals surface area contributed by atoms with E-state index < -0.39 is 0 Å². The molecule has 3 rings (SSSR count). The highest BCUT2D eigenvalue weighted by Crippen LogP contribution is 2.38. The molecular formula is C15H20N2O. The van der Waals surface area contributed by atoms with Crippen LogP contribution in [0, 0.1) is 12.8 Å². The predicted octanol–water partition coefficient (Wildman–Crippen LogP) is 2.97. The molecule has 0 aromatic carbocycles. The third-order valence-corrected chi connectivity index (χ3v) is 4.49. The Balaban J connectivity index is 1.88. The predicted molar refractivity (Wildman–Crippen MR) is 72.1 cm³/mol. The first-order chi connectivity index (χ1) is 8.79. The number of fused-ring (bicyclic) bond motifs is 1. The van der Waals surface area contributed by atoms with Gasteiger partial charge in [-0.25, -0.2) is 4.98 Å². The number of aryl methyl sites for hydroxylation is 1. The number of pyridine rings is 1. The monoisotopic (exact) mass is 244 g/mol. The van der Waals surface area contributed by atoms with Crippen molar-refractivity contribution in [3.8, 4) is 0 Å². The van der Waals surface area contributed by atoms with Crippen molar-refractivity contribution in [2.75, 3.05) is 11.4 Å². The maximum Gasteiger partial charge on any atom is 0.151 e. The molecule has 1 aliphatic heterocycles. The van der Waals surface area contributed by atoms with Gasteiger partial charge in [0.05, 0.1) is 0 Å². The van der Waals surface area contributed by atoms with Crippen LogP contribution in [-0.2, 0) is 0 Å². The maximum atomic E-state index is 10.8. The van der Waals surface area contributed by atoms with Gasteiger partial charge < -0.3 is 4.90 Å². The number of aromatic nitrogens is 1. The summed E-state index contributed by atoms with van der Waals surface area (Å²) < 4.78 is 0. The van der Waals surface area contributed by atoms with Crippen molar-refractivity contribution in [1.29, 1.82) is 0 Å². The lowest BCUT2D eigenvalue weighted by Gasteiger charge is -2.33. The summed E-state index contributed by atoms with van der Waals surface area (Å²) in [6, 6.07) is 2.64. The lowest BCUT2D eigenvalue weighted by molar-refractivity contribution is 0.112. The highest BCUT2D eigenvalue weighted by Gasteiger charge is 2.36. The Morgan fingerprint density at radius 1 is 1.33 bits per heavy atom. The Morgan fingerprint density at radius 3 is 2.94 bits per heavy atom. The standard InChI is InChI=1S/C15H20N2O/c1-11-8-12(10-18)9-16-15(11)17-7-6-13-4-2-3-5-14(13)17/h8-10,13-14H,2-7H2,1H3. The summed E-state index contributed by atoms with van der Waals surface area (Å²) >= 11 is 0. The quantitative estimate of drug-likeness (QED) is 0.750. The highest BCUT2D eigenvalue weighted by molar-refractivity contribution is 5.75. The van der Waals surface area contributed by atoms with Crippen LogP contribution in [0.4, 0.5) is 5.82 Å². The summed E-state index contributed by atoms with van der Waals surface area (Å²) in [5, 5.41) is 0. The van der Waals surface area contributed by atoms with Crippen molar-refractivity contribution in [2.24, 2.45) is 5.92 Å². The van der Waals surface area contributed by atoms with E-state index in [9.17, 15) is 4.79 Å². The lowest BCUT2D eigenvalue weighted by atomic mass is 9.85. The topological polar surface area (TPSA) is 33.2 Å². The first kappa shape index (κ1) is 11.7. The fourth-order valence-corrected chi connectivity index (χ4v) is 3.62. The third kappa shape index (κ3) is 1.92. The van der Waals surface area contributed by atoms with Crippen LogP contribution in [0.25, 0.3) is 0 Å². The Bertz CT molecular complexity index is 458. The van der Waals surface area contributed by atoms with Crippen LogP contribution >= 0.6 is 0 Å². The van der Waals surface area contributed by atoms with Crippen LogP contribution < -0.4 is 4.90 Å². The first-order valence-corrected chi connectivity index (χ1v) is 6.98. The minimum atomic E-state index is 0.677. The molecular weight excluding hydrogens is 224 g/mol. The molecule has 0 bridgehead atoms. The third-order valence-electron chi connectivity index (χ3n) is 4.49. The molecule has 1 saturated heterocycles. The molecule has 1 aromatic rings. The largest absolute Gasteiger partial charge is 0.353 e. The summed E-state index contributed by atoms with van der Waals surface area (Å²) in [6.07, 6.45) is 9.31. The normalized spacial score (nSPS) is 27.1. The summed E-state index contributed by atoms with van der Waals surface area (Å²) in [7, 11) is 0. The SMILES string of the molecule is Cc1cc(C=O)cnc1N1CCC2CCCCC21. The van der Waals surface area contributed by atoms with Crippen molar-refractivity contribution < 1.29 is 4.79 Å². The Morgan fingerprint density at radius 2 is 2.17 bits per heavy atom. The molecule has 2 heterocycles. The molecule has 3 nitrogen and oxygen atoms in total. The van der Waals surface area contributed by atoms with Crippen molar-refractivity contribution in [3.05, 3.63) is 23.4 Å². The van der Waals surface area contributed by atoms with Gasteiger partial charge in [-0.2, -0.15) is 0 Å². The van der Waals surface area contributed by atoms with Crippen LogP contribution in [0.15, 0.2) is 12.3 Å². The zero-order valence-corrected chi connectivity index (χ0v) is 10.9. The van der Waals surface area contributed by atoms with Gasteiger partial charge >= 0.3 is 0 Å². The van der Waals surface area contributed by atoms with Gasteiger partial charge in [-0.05, 0) is 43.7 Å². The van der Waals surface area contributed by atoms with Gasteiger partial charge in [0.25, 0.3) is 0 Å². The van der Waals surface area contributed by atoms with E-state index in [1.165, 1.54) is 32.1 Å². The highest BCUT2D eigenvalue weighted by atomic mass is 16.1. The molecule has 1 aromatic heterocycles. The lowest BCUT2D eigenvalue weighted by Crippen LogP contribution is -2.35. The second kappa shape index (κ2) is 4.71. The van der Waals surface area contributed by atoms with Gasteiger partial charge in [-0.1, -0.05) is 12.8 Å². The molecule has 2 unspecified atom stereocenters. The van der Waals surface area contributed by atoms with Gasteiger partial charge in [0.1, 0.15) is 5.82 Å². The molecule has 0 radical (unpaired) electrons. The number of rotatable bonds is 2. The summed E-state index contributed by atoms with van der Waals surface area (Å²) in [4.78, 5) is 17.8. The maximum absolute atomic E-state index is 10.8. The van der Waals surface area contributed by atoms with Crippen LogP contribution in [0.5, 0.6) is 0 Å². The molecule has 2 fully saturated rings. The van der Waals surface area contributed by atoms with Gasteiger partial charge in [0.15, 0.2) is 6.29 Å². The molecule has 2 aliphatic rings. The van der Waals surface area contributed by atoms with Crippen LogP contribution in [0.3, 0.4) is 0 Å². The van der Waals surface area contributed by atoms with E-state index in [1.807, 2.05) is 6.07 Å². The number of hydrogen-bond donors (Lipinski definition) is 0. The molecule has 1 saturated carbocycles. The minimum absolute atomic E-state index is 0.677. The van der Waals surface area contributed by atoms with Crippen molar-refractivity contribution in [1.82, 2.24) is 4.98 Å². The zero-order valence-electron chi connectivity index (χ0n) is 10.9. The Hall–Kier alpha value is -1.38. The molecule has 3 heteroatoms. The summed E-state index contributed by atoms with van der Waals surface area (Å²) in [5.74, 6) is 1.96. The molecule has 0 amide bonds. The van der Waals surface area contributed by atoms with E-state index in [4.69, 9.17) is 0 Å². The second-order valence-electron chi connectivity index (χ2n) is 5.62. The molecule has 2 atom stereocenters. The number of anilines is 1. The van der Waals surface area contributed by atoms with Gasteiger partial charge in [0.2, 0.25) is 0 Å². The van der Waals surface area contributed by atoms with Crippen molar-refractivity contribution >= 4 is 12.1 Å². The molecule has 18 heavy (non-hydrogen) atoms. The van der Waals surface area contributed by atoms with E-state index in [0.29, 0.717) is 11.6 Å². The molecule has 0 N–H and O–H groups in total. The number of hydrogen-bond acceptors (Lipinski definition) is 3. The van der Waals surface area contributed by atoms with Gasteiger partial charge in [-0.3, -0.25) is 4.79 Å². The molecule has 0 spiro atoms.